The van der Waals surface area contributed by atoms with Crippen LogP contribution in [0.3, 0.4) is 0 Å². The Bertz CT molecular complexity index is 725. The molecule has 0 saturated heterocycles. The van der Waals surface area contributed by atoms with Crippen molar-refractivity contribution in [2.45, 2.75) is 33.8 Å². The van der Waals surface area contributed by atoms with E-state index in [1.165, 1.54) is 6.92 Å². The van der Waals surface area contributed by atoms with Gasteiger partial charge in [-0.2, -0.15) is 0 Å². The van der Waals surface area contributed by atoms with Crippen LogP contribution < -0.4 is 9.64 Å². The molecule has 0 N–H and O–H groups in total. The predicted octanol–water partition coefficient (Wildman–Crippen LogP) is 3.88. The topological polar surface area (TPSA) is 49.9 Å². The van der Waals surface area contributed by atoms with E-state index in [1.807, 2.05) is 68.4 Å². The Labute approximate surface area is 161 Å². The van der Waals surface area contributed by atoms with Crippen LogP contribution in [0.1, 0.15) is 32.8 Å². The van der Waals surface area contributed by atoms with E-state index >= 15 is 0 Å². The van der Waals surface area contributed by atoms with E-state index in [-0.39, 0.29) is 11.8 Å². The minimum absolute atomic E-state index is 0.0639. The Hall–Kier alpha value is -2.82. The van der Waals surface area contributed by atoms with Crippen LogP contribution in [0.5, 0.6) is 5.75 Å². The van der Waals surface area contributed by atoms with Gasteiger partial charge in [-0.05, 0) is 43.7 Å². The summed E-state index contributed by atoms with van der Waals surface area (Å²) in [5.74, 6) is 0.722. The molecule has 2 amide bonds. The summed E-state index contributed by atoms with van der Waals surface area (Å²) in [5, 5.41) is 0. The molecular formula is C22H28N2O3. The van der Waals surface area contributed by atoms with Crippen molar-refractivity contribution >= 4 is 17.5 Å². The molecule has 0 atom stereocenters. The van der Waals surface area contributed by atoms with E-state index in [0.29, 0.717) is 32.7 Å². The molecule has 2 rings (SSSR count). The maximum atomic E-state index is 12.2. The Morgan fingerprint density at radius 2 is 1.56 bits per heavy atom. The summed E-state index contributed by atoms with van der Waals surface area (Å²) < 4.78 is 5.78. The maximum absolute atomic E-state index is 12.2. The zero-order valence-corrected chi connectivity index (χ0v) is 16.4. The van der Waals surface area contributed by atoms with Gasteiger partial charge in [0.15, 0.2) is 0 Å². The number of ether oxygens (including phenoxy) is 1. The molecule has 2 aromatic rings. The molecule has 0 unspecified atom stereocenters. The summed E-state index contributed by atoms with van der Waals surface area (Å²) in [4.78, 5) is 27.6. The summed E-state index contributed by atoms with van der Waals surface area (Å²) in [6.07, 6.45) is 0.313. The summed E-state index contributed by atoms with van der Waals surface area (Å²) in [7, 11) is 0. The van der Waals surface area contributed by atoms with Crippen molar-refractivity contribution in [2.24, 2.45) is 0 Å². The Balaban J connectivity index is 1.96. The number of rotatable bonds is 9. The minimum atomic E-state index is -0.0831. The molecule has 0 aliphatic carbocycles. The van der Waals surface area contributed by atoms with Crippen molar-refractivity contribution in [1.29, 1.82) is 0 Å². The molecule has 0 bridgehead atoms. The van der Waals surface area contributed by atoms with Crippen molar-refractivity contribution in [1.82, 2.24) is 4.90 Å². The molecule has 5 nitrogen and oxygen atoms in total. The normalized spacial score (nSPS) is 10.3. The number of hydrogen-bond donors (Lipinski definition) is 0. The zero-order valence-electron chi connectivity index (χ0n) is 16.4. The van der Waals surface area contributed by atoms with Crippen molar-refractivity contribution in [2.75, 3.05) is 24.5 Å². The molecule has 0 aromatic heterocycles. The molecular weight excluding hydrogens is 340 g/mol. The van der Waals surface area contributed by atoms with Gasteiger partial charge in [0.1, 0.15) is 12.4 Å². The van der Waals surface area contributed by atoms with Gasteiger partial charge in [0.25, 0.3) is 0 Å². The van der Waals surface area contributed by atoms with Gasteiger partial charge in [-0.3, -0.25) is 9.59 Å². The molecule has 144 valence electrons. The number of carbonyl (C=O) groups is 2. The third kappa shape index (κ3) is 6.13. The van der Waals surface area contributed by atoms with E-state index in [0.717, 1.165) is 17.0 Å². The molecule has 0 saturated carbocycles. The largest absolute Gasteiger partial charge is 0.489 e. The van der Waals surface area contributed by atoms with E-state index in [4.69, 9.17) is 4.74 Å². The van der Waals surface area contributed by atoms with Crippen LogP contribution in [0.15, 0.2) is 54.6 Å². The van der Waals surface area contributed by atoms with Gasteiger partial charge in [0, 0.05) is 38.7 Å². The summed E-state index contributed by atoms with van der Waals surface area (Å²) in [6, 6.07) is 17.4. The highest BCUT2D eigenvalue weighted by molar-refractivity contribution is 5.92. The second-order valence-electron chi connectivity index (χ2n) is 6.25. The third-order valence-electron chi connectivity index (χ3n) is 4.44. The summed E-state index contributed by atoms with van der Waals surface area (Å²) in [5.41, 5.74) is 1.86. The van der Waals surface area contributed by atoms with E-state index in [1.54, 1.807) is 9.80 Å². The number of carbonyl (C=O) groups excluding carboxylic acids is 2. The van der Waals surface area contributed by atoms with Crippen molar-refractivity contribution in [3.05, 3.63) is 60.2 Å². The first-order valence-electron chi connectivity index (χ1n) is 9.37. The standard InChI is InChI=1S/C22H28N2O3/c1-4-23(5-2)22(26)15-16-24(18(3)25)20-11-13-21(14-12-20)27-17-19-9-7-6-8-10-19/h6-14H,4-5,15-17H2,1-3H3. The molecule has 27 heavy (non-hydrogen) atoms. The Morgan fingerprint density at radius 1 is 0.926 bits per heavy atom. The highest BCUT2D eigenvalue weighted by Gasteiger charge is 2.16. The lowest BCUT2D eigenvalue weighted by atomic mass is 10.2. The van der Waals surface area contributed by atoms with Gasteiger partial charge >= 0.3 is 0 Å². The fourth-order valence-corrected chi connectivity index (χ4v) is 2.87. The first-order valence-corrected chi connectivity index (χ1v) is 9.37. The average Bonchev–Trinajstić information content (AvgIpc) is 2.69. The lowest BCUT2D eigenvalue weighted by Crippen LogP contribution is -2.36. The number of benzene rings is 2. The van der Waals surface area contributed by atoms with Gasteiger partial charge in [-0.25, -0.2) is 0 Å². The van der Waals surface area contributed by atoms with Crippen LogP contribution in [-0.4, -0.2) is 36.3 Å². The smallest absolute Gasteiger partial charge is 0.224 e. The van der Waals surface area contributed by atoms with Crippen LogP contribution >= 0.6 is 0 Å². The van der Waals surface area contributed by atoms with Crippen LogP contribution in [0.4, 0.5) is 5.69 Å². The van der Waals surface area contributed by atoms with E-state index in [2.05, 4.69) is 0 Å². The lowest BCUT2D eigenvalue weighted by Gasteiger charge is -2.24. The average molecular weight is 368 g/mol. The maximum Gasteiger partial charge on any atom is 0.224 e. The number of amides is 2. The molecule has 0 aliphatic heterocycles. The number of anilines is 1. The van der Waals surface area contributed by atoms with Gasteiger partial charge in [0.05, 0.1) is 0 Å². The van der Waals surface area contributed by atoms with Crippen molar-refractivity contribution < 1.29 is 14.3 Å². The molecule has 5 heteroatoms. The second-order valence-corrected chi connectivity index (χ2v) is 6.25. The monoisotopic (exact) mass is 368 g/mol. The van der Waals surface area contributed by atoms with Gasteiger partial charge in [-0.15, -0.1) is 0 Å². The predicted molar refractivity (Wildman–Crippen MR) is 108 cm³/mol. The second kappa shape index (κ2) is 10.4. The molecule has 0 heterocycles. The highest BCUT2D eigenvalue weighted by atomic mass is 16.5. The number of nitrogens with zero attached hydrogens (tertiary/aromatic N) is 2. The van der Waals surface area contributed by atoms with Crippen molar-refractivity contribution in [3.8, 4) is 5.75 Å². The number of hydrogen-bond acceptors (Lipinski definition) is 3. The van der Waals surface area contributed by atoms with Crippen LogP contribution in [0.25, 0.3) is 0 Å². The summed E-state index contributed by atoms with van der Waals surface area (Å²) in [6.45, 7) is 7.66. The zero-order chi connectivity index (χ0) is 19.6. The minimum Gasteiger partial charge on any atom is -0.489 e. The fraction of sp³-hybridized carbons (Fsp3) is 0.364. The molecule has 2 aromatic carbocycles. The molecule has 0 spiro atoms. The van der Waals surface area contributed by atoms with Gasteiger partial charge < -0.3 is 14.5 Å². The lowest BCUT2D eigenvalue weighted by molar-refractivity contribution is -0.130. The third-order valence-corrected chi connectivity index (χ3v) is 4.44. The molecule has 0 radical (unpaired) electrons. The van der Waals surface area contributed by atoms with E-state index < -0.39 is 0 Å². The fourth-order valence-electron chi connectivity index (χ4n) is 2.87. The molecule has 0 aliphatic rings. The van der Waals surface area contributed by atoms with E-state index in [9.17, 15) is 9.59 Å². The highest BCUT2D eigenvalue weighted by Crippen LogP contribution is 2.21. The van der Waals surface area contributed by atoms with Gasteiger partial charge in [-0.1, -0.05) is 30.3 Å². The van der Waals surface area contributed by atoms with Crippen LogP contribution in [0.2, 0.25) is 0 Å². The van der Waals surface area contributed by atoms with Gasteiger partial charge in [0.2, 0.25) is 11.8 Å². The van der Waals surface area contributed by atoms with Crippen LogP contribution in [-0.2, 0) is 16.2 Å². The van der Waals surface area contributed by atoms with Crippen LogP contribution in [0, 0.1) is 0 Å². The summed E-state index contributed by atoms with van der Waals surface area (Å²) >= 11 is 0. The quantitative estimate of drug-likeness (QED) is 0.675. The first kappa shape index (κ1) is 20.5. The Morgan fingerprint density at radius 3 is 2.11 bits per heavy atom. The Kier molecular flexibility index (Phi) is 7.86. The SMILES string of the molecule is CCN(CC)C(=O)CCN(C(C)=O)c1ccc(OCc2ccccc2)cc1. The first-order chi connectivity index (χ1) is 13.0. The van der Waals surface area contributed by atoms with Crippen molar-refractivity contribution in [3.63, 3.8) is 0 Å². The molecule has 0 fully saturated rings.